The third-order valence-corrected chi connectivity index (χ3v) is 15.6. The molecule has 4 unspecified atom stereocenters. The van der Waals surface area contributed by atoms with E-state index in [9.17, 15) is 19.5 Å². The van der Waals surface area contributed by atoms with E-state index in [-0.39, 0.29) is 42.6 Å². The summed E-state index contributed by atoms with van der Waals surface area (Å²) in [4.78, 5) is 51.7. The van der Waals surface area contributed by atoms with Crippen molar-refractivity contribution < 1.29 is 38.4 Å². The van der Waals surface area contributed by atoms with E-state index in [1.54, 1.807) is 7.11 Å². The fourth-order valence-electron chi connectivity index (χ4n) is 13.5. The van der Waals surface area contributed by atoms with Crippen LogP contribution in [0.3, 0.4) is 0 Å². The Bertz CT molecular complexity index is 2220. The molecule has 6 aliphatic rings. The quantitative estimate of drug-likeness (QED) is 0.159. The van der Waals surface area contributed by atoms with Crippen molar-refractivity contribution in [1.29, 1.82) is 0 Å². The number of H-pyrrole nitrogens is 1. The summed E-state index contributed by atoms with van der Waals surface area (Å²) < 4.78 is 23.6. The molecule has 12 heteroatoms. The first-order valence-corrected chi connectivity index (χ1v) is 21.6. The lowest BCUT2D eigenvalue weighted by Crippen LogP contribution is -2.77. The zero-order valence-corrected chi connectivity index (χ0v) is 35.6. The van der Waals surface area contributed by atoms with Crippen LogP contribution in [0.2, 0.25) is 0 Å². The molecule has 5 aliphatic heterocycles. The van der Waals surface area contributed by atoms with E-state index >= 15 is 0 Å². The SMILES string of the molecule is CCC1=CC2CN(C1)Cc1c([nH]c3ccccc13)[C@@](CC(=O)OC)(c1cc3c(cc1OC)N(C)[C@H]1C(O)(CC(=O)OC)[C@H](OC(C)=O)C4[C@@H](CC)CCN5CC[C@]31[C@H]45)C2. The van der Waals surface area contributed by atoms with Crippen molar-refractivity contribution >= 4 is 34.5 Å². The van der Waals surface area contributed by atoms with Crippen molar-refractivity contribution in [3.05, 3.63) is 70.4 Å². The van der Waals surface area contributed by atoms with Crippen molar-refractivity contribution in [3.63, 3.8) is 0 Å². The maximum absolute atomic E-state index is 14.1. The summed E-state index contributed by atoms with van der Waals surface area (Å²) in [7, 11) is 6.47. The highest BCUT2D eigenvalue weighted by atomic mass is 16.6. The maximum Gasteiger partial charge on any atom is 0.308 e. The zero-order chi connectivity index (χ0) is 41.6. The second-order valence-corrected chi connectivity index (χ2v) is 18.3. The van der Waals surface area contributed by atoms with E-state index in [1.807, 2.05) is 13.1 Å². The number of carbonyl (C=O) groups is 3. The molecule has 59 heavy (non-hydrogen) atoms. The molecule has 9 rings (SSSR count). The molecule has 3 aromatic rings. The molecule has 2 aromatic carbocycles. The Morgan fingerprint density at radius 1 is 0.983 bits per heavy atom. The molecule has 1 aromatic heterocycles. The highest BCUT2D eigenvalue weighted by Crippen LogP contribution is 2.66. The molecule has 2 N–H and O–H groups in total. The Balaban J connectivity index is 1.34. The average Bonchev–Trinajstić information content (AvgIpc) is 3.87. The molecule has 0 radical (unpaired) electrons. The summed E-state index contributed by atoms with van der Waals surface area (Å²) >= 11 is 0. The second-order valence-electron chi connectivity index (χ2n) is 18.3. The van der Waals surface area contributed by atoms with Crippen molar-refractivity contribution in [2.24, 2.45) is 17.8 Å². The van der Waals surface area contributed by atoms with Gasteiger partial charge in [0.1, 0.15) is 17.5 Å². The van der Waals surface area contributed by atoms with Gasteiger partial charge < -0.3 is 33.9 Å². The number of nitrogens with zero attached hydrogens (tertiary/aromatic N) is 3. The smallest absolute Gasteiger partial charge is 0.308 e. The van der Waals surface area contributed by atoms with Gasteiger partial charge in [-0.05, 0) is 73.9 Å². The van der Waals surface area contributed by atoms with E-state index in [0.717, 1.165) is 91.8 Å². The number of aromatic nitrogens is 1. The monoisotopic (exact) mass is 808 g/mol. The molecule has 1 saturated carbocycles. The van der Waals surface area contributed by atoms with Gasteiger partial charge in [0.2, 0.25) is 0 Å². The zero-order valence-electron chi connectivity index (χ0n) is 35.6. The van der Waals surface area contributed by atoms with E-state index in [2.05, 4.69) is 69.9 Å². The van der Waals surface area contributed by atoms with Crippen molar-refractivity contribution in [2.45, 2.75) is 107 Å². The summed E-state index contributed by atoms with van der Waals surface area (Å²) in [6.07, 6.45) is 5.33. The number of esters is 3. The summed E-state index contributed by atoms with van der Waals surface area (Å²) in [5.41, 5.74) is 4.11. The average molecular weight is 809 g/mol. The van der Waals surface area contributed by atoms with Crippen LogP contribution < -0.4 is 9.64 Å². The first kappa shape index (κ1) is 40.0. The van der Waals surface area contributed by atoms with Crippen LogP contribution in [0.15, 0.2) is 48.0 Å². The van der Waals surface area contributed by atoms with Gasteiger partial charge in [-0.2, -0.15) is 0 Å². The van der Waals surface area contributed by atoms with Crippen molar-refractivity contribution in [2.75, 3.05) is 59.5 Å². The molecule has 1 aliphatic carbocycles. The third kappa shape index (κ3) is 5.82. The first-order valence-electron chi connectivity index (χ1n) is 21.6. The number of benzene rings is 2. The number of aliphatic hydroxyl groups is 1. The topological polar surface area (TPSA) is 134 Å². The lowest BCUT2D eigenvalue weighted by molar-refractivity contribution is -0.218. The normalized spacial score (nSPS) is 34.4. The fourth-order valence-corrected chi connectivity index (χ4v) is 13.5. The number of methoxy groups -OCH3 is 3. The van der Waals surface area contributed by atoms with Crippen LogP contribution in [0.4, 0.5) is 5.69 Å². The van der Waals surface area contributed by atoms with E-state index in [4.69, 9.17) is 18.9 Å². The van der Waals surface area contributed by atoms with Gasteiger partial charge in [-0.25, -0.2) is 0 Å². The molecular weight excluding hydrogens is 749 g/mol. The summed E-state index contributed by atoms with van der Waals surface area (Å²) in [5.74, 6) is -0.659. The lowest BCUT2D eigenvalue weighted by atomic mass is 9.50. The number of para-hydroxylation sites is 1. The molecule has 1 spiro atoms. The molecule has 0 amide bonds. The second kappa shape index (κ2) is 14.7. The van der Waals surface area contributed by atoms with Gasteiger partial charge in [-0.15, -0.1) is 0 Å². The van der Waals surface area contributed by atoms with Crippen LogP contribution in [0.5, 0.6) is 5.75 Å². The number of hydrogen-bond acceptors (Lipinski definition) is 11. The van der Waals surface area contributed by atoms with Gasteiger partial charge in [0.25, 0.3) is 0 Å². The van der Waals surface area contributed by atoms with Crippen LogP contribution in [0.25, 0.3) is 10.9 Å². The lowest BCUT2D eigenvalue weighted by Gasteiger charge is -2.62. The number of carbonyl (C=O) groups excluding carboxylic acids is 3. The number of piperidine rings is 1. The van der Waals surface area contributed by atoms with Crippen LogP contribution in [-0.2, 0) is 46.0 Å². The fraction of sp³-hybridized carbons (Fsp3) is 0.596. The molecule has 12 nitrogen and oxygen atoms in total. The molecular formula is C47H60N4O8. The van der Waals surface area contributed by atoms with E-state index in [1.165, 1.54) is 32.3 Å². The van der Waals surface area contributed by atoms with Crippen LogP contribution >= 0.6 is 0 Å². The minimum absolute atomic E-state index is 0.0853. The standard InChI is InChI=1S/C47H60N4O8/c1-8-28-18-29-21-45(22-38(53)57-6,41-32(26-50(24-28)25-29)31-12-10-11-13-35(31)48-41)34-19-33-36(20-37(34)56-5)49(4)44-46(33)15-17-51-16-14-30(9-2)40(42(46)51)43(59-27(3)52)47(44,55)23-39(54)58-7/h10-13,18-20,29-30,40,42-44,48,55H,8-9,14-17,21-26H2,1-7H3/t29?,30-,40?,42-,43+,44+,45-,46+,47?/m0/s1. The number of ether oxygens (including phenoxy) is 4. The summed E-state index contributed by atoms with van der Waals surface area (Å²) in [5, 5.41) is 14.6. The van der Waals surface area contributed by atoms with Gasteiger partial charge in [-0.1, -0.05) is 50.1 Å². The summed E-state index contributed by atoms with van der Waals surface area (Å²) in [6, 6.07) is 12.1. The summed E-state index contributed by atoms with van der Waals surface area (Å²) in [6.45, 7) is 9.98. The Hall–Kier alpha value is -4.39. The predicted octanol–water partition coefficient (Wildman–Crippen LogP) is 5.61. The van der Waals surface area contributed by atoms with Gasteiger partial charge in [0.15, 0.2) is 0 Å². The molecule has 3 fully saturated rings. The van der Waals surface area contributed by atoms with E-state index < -0.39 is 40.5 Å². The molecule has 2 saturated heterocycles. The number of fused-ring (bicyclic) bond motifs is 6. The van der Waals surface area contributed by atoms with E-state index in [0.29, 0.717) is 12.2 Å². The largest absolute Gasteiger partial charge is 0.496 e. The Labute approximate surface area is 347 Å². The van der Waals surface area contributed by atoms with Crippen LogP contribution in [0, 0.1) is 17.8 Å². The minimum atomic E-state index is -1.79. The molecule has 10 atom stereocenters. The van der Waals surface area contributed by atoms with Gasteiger partial charge in [0.05, 0.1) is 45.6 Å². The number of rotatable bonds is 9. The Morgan fingerprint density at radius 2 is 1.75 bits per heavy atom. The van der Waals surface area contributed by atoms with Crippen molar-refractivity contribution in [1.82, 2.24) is 14.8 Å². The van der Waals surface area contributed by atoms with Gasteiger partial charge in [0, 0.05) is 84.9 Å². The highest BCUT2D eigenvalue weighted by Gasteiger charge is 2.75. The molecule has 6 heterocycles. The first-order chi connectivity index (χ1) is 28.4. The number of aromatic amines is 1. The Kier molecular flexibility index (Phi) is 9.95. The van der Waals surface area contributed by atoms with Crippen LogP contribution in [-0.4, -0.2) is 116 Å². The van der Waals surface area contributed by atoms with Crippen LogP contribution in [0.1, 0.15) is 88.1 Å². The number of anilines is 1. The highest BCUT2D eigenvalue weighted by molar-refractivity contribution is 5.87. The third-order valence-electron chi connectivity index (χ3n) is 15.6. The molecule has 2 bridgehead atoms. The van der Waals surface area contributed by atoms with Gasteiger partial charge in [-0.3, -0.25) is 24.2 Å². The predicted molar refractivity (Wildman–Crippen MR) is 223 cm³/mol. The maximum atomic E-state index is 14.1. The number of likely N-dealkylation sites (N-methyl/N-ethyl adjacent to an activating group) is 1. The number of nitrogens with one attached hydrogen (secondary N) is 1. The minimum Gasteiger partial charge on any atom is -0.496 e. The number of hydrogen-bond donors (Lipinski definition) is 2. The molecule has 316 valence electrons. The van der Waals surface area contributed by atoms with Gasteiger partial charge >= 0.3 is 17.9 Å². The van der Waals surface area contributed by atoms with Crippen molar-refractivity contribution in [3.8, 4) is 5.75 Å². The Morgan fingerprint density at radius 3 is 2.46 bits per heavy atom.